The number of amides is 2. The van der Waals surface area contributed by atoms with Crippen LogP contribution in [0.4, 0.5) is 4.39 Å². The predicted molar refractivity (Wildman–Crippen MR) is 98.1 cm³/mol. The molecule has 1 aliphatic heterocycles. The molecule has 4 nitrogen and oxygen atoms in total. The van der Waals surface area contributed by atoms with E-state index in [0.717, 1.165) is 5.56 Å². The number of carbonyl (C=O) groups is 2. The quantitative estimate of drug-likeness (QED) is 0.844. The van der Waals surface area contributed by atoms with Gasteiger partial charge in [-0.15, -0.1) is 0 Å². The number of halogens is 2. The summed E-state index contributed by atoms with van der Waals surface area (Å²) in [7, 11) is 0. The van der Waals surface area contributed by atoms with E-state index in [1.165, 1.54) is 6.07 Å². The average Bonchev–Trinajstić information content (AvgIpc) is 3.01. The van der Waals surface area contributed by atoms with E-state index in [0.29, 0.717) is 36.6 Å². The normalized spacial score (nSPS) is 16.8. The van der Waals surface area contributed by atoms with Crippen LogP contribution in [0.1, 0.15) is 17.5 Å². The van der Waals surface area contributed by atoms with Gasteiger partial charge in [0.1, 0.15) is 5.82 Å². The van der Waals surface area contributed by atoms with Crippen molar-refractivity contribution in [3.05, 3.63) is 70.5 Å². The lowest BCUT2D eigenvalue weighted by Crippen LogP contribution is -2.33. The van der Waals surface area contributed by atoms with Gasteiger partial charge in [-0.1, -0.05) is 41.9 Å². The number of nitrogens with zero attached hydrogens (tertiary/aromatic N) is 1. The number of benzene rings is 2. The molecule has 0 aliphatic carbocycles. The molecule has 1 heterocycles. The zero-order valence-electron chi connectivity index (χ0n) is 14.3. The first-order valence-corrected chi connectivity index (χ1v) is 8.94. The first kappa shape index (κ1) is 18.4. The van der Waals surface area contributed by atoms with E-state index in [1.54, 1.807) is 35.2 Å². The van der Waals surface area contributed by atoms with Crippen molar-refractivity contribution < 1.29 is 14.0 Å². The van der Waals surface area contributed by atoms with Crippen molar-refractivity contribution in [2.75, 3.05) is 13.1 Å². The summed E-state index contributed by atoms with van der Waals surface area (Å²) < 4.78 is 13.7. The zero-order valence-corrected chi connectivity index (χ0v) is 15.0. The Balaban J connectivity index is 1.49. The summed E-state index contributed by atoms with van der Waals surface area (Å²) in [5.74, 6) is -0.832. The molecule has 0 radical (unpaired) electrons. The van der Waals surface area contributed by atoms with Crippen molar-refractivity contribution in [3.8, 4) is 0 Å². The van der Waals surface area contributed by atoms with E-state index in [-0.39, 0.29) is 30.0 Å². The maximum atomic E-state index is 13.7. The second kappa shape index (κ2) is 8.32. The van der Waals surface area contributed by atoms with Gasteiger partial charge in [-0.2, -0.15) is 0 Å². The fourth-order valence-corrected chi connectivity index (χ4v) is 3.18. The van der Waals surface area contributed by atoms with Gasteiger partial charge in [-0.25, -0.2) is 4.39 Å². The fraction of sp³-hybridized carbons (Fsp3) is 0.300. The smallest absolute Gasteiger partial charge is 0.225 e. The van der Waals surface area contributed by atoms with E-state index >= 15 is 0 Å². The third-order valence-electron chi connectivity index (χ3n) is 4.57. The monoisotopic (exact) mass is 374 g/mol. The van der Waals surface area contributed by atoms with Crippen LogP contribution >= 0.6 is 11.6 Å². The zero-order chi connectivity index (χ0) is 18.5. The Hall–Kier alpha value is -2.40. The molecule has 3 rings (SSSR count). The van der Waals surface area contributed by atoms with Gasteiger partial charge in [0.2, 0.25) is 11.8 Å². The van der Waals surface area contributed by atoms with E-state index in [2.05, 4.69) is 5.32 Å². The van der Waals surface area contributed by atoms with Crippen molar-refractivity contribution in [3.63, 3.8) is 0 Å². The minimum absolute atomic E-state index is 0.0621. The summed E-state index contributed by atoms with van der Waals surface area (Å²) >= 11 is 5.84. The fourth-order valence-electron chi connectivity index (χ4n) is 3.06. The van der Waals surface area contributed by atoms with Gasteiger partial charge in [0.15, 0.2) is 0 Å². The van der Waals surface area contributed by atoms with Crippen molar-refractivity contribution >= 4 is 23.4 Å². The maximum absolute atomic E-state index is 13.7. The van der Waals surface area contributed by atoms with Gasteiger partial charge in [0.05, 0.1) is 5.92 Å². The molecule has 1 aliphatic rings. The van der Waals surface area contributed by atoms with E-state index in [1.807, 2.05) is 12.1 Å². The molecule has 2 aromatic rings. The molecule has 1 fully saturated rings. The molecule has 136 valence electrons. The Morgan fingerprint density at radius 3 is 2.65 bits per heavy atom. The summed E-state index contributed by atoms with van der Waals surface area (Å²) in [6.45, 7) is 1.19. The second-order valence-corrected chi connectivity index (χ2v) is 6.86. The standard InChI is InChI=1S/C20H20ClFN2O2/c21-17-7-5-14(6-8-17)12-23-20(26)16-11-19(25)24(13-16)10-9-15-3-1-2-4-18(15)22/h1-8,16H,9-13H2,(H,23,26). The van der Waals surface area contributed by atoms with Crippen LogP contribution in [0, 0.1) is 11.7 Å². The SMILES string of the molecule is O=C(NCc1ccc(Cl)cc1)C1CC(=O)N(CCc2ccccc2F)C1. The molecule has 1 atom stereocenters. The van der Waals surface area contributed by atoms with Crippen LogP contribution in [-0.2, 0) is 22.6 Å². The highest BCUT2D eigenvalue weighted by molar-refractivity contribution is 6.30. The minimum atomic E-state index is -0.365. The lowest BCUT2D eigenvalue weighted by molar-refractivity contribution is -0.129. The van der Waals surface area contributed by atoms with Crippen molar-refractivity contribution in [1.29, 1.82) is 0 Å². The van der Waals surface area contributed by atoms with Crippen LogP contribution in [0.3, 0.4) is 0 Å². The van der Waals surface area contributed by atoms with Gasteiger partial charge < -0.3 is 10.2 Å². The number of likely N-dealkylation sites (tertiary alicyclic amines) is 1. The largest absolute Gasteiger partial charge is 0.352 e. The Morgan fingerprint density at radius 2 is 1.92 bits per heavy atom. The van der Waals surface area contributed by atoms with Gasteiger partial charge in [0, 0.05) is 31.1 Å². The van der Waals surface area contributed by atoms with Crippen LogP contribution in [0.2, 0.25) is 5.02 Å². The molecule has 1 saturated heterocycles. The molecule has 0 spiro atoms. The van der Waals surface area contributed by atoms with Crippen LogP contribution in [0.15, 0.2) is 48.5 Å². The highest BCUT2D eigenvalue weighted by Gasteiger charge is 2.33. The topological polar surface area (TPSA) is 49.4 Å². The summed E-state index contributed by atoms with van der Waals surface area (Å²) in [5, 5.41) is 3.51. The van der Waals surface area contributed by atoms with Gasteiger partial charge in [-0.05, 0) is 35.7 Å². The molecular formula is C20H20ClFN2O2. The van der Waals surface area contributed by atoms with Crippen molar-refractivity contribution in [2.45, 2.75) is 19.4 Å². The lowest BCUT2D eigenvalue weighted by atomic mass is 10.1. The molecule has 26 heavy (non-hydrogen) atoms. The Labute approximate surface area is 157 Å². The first-order chi connectivity index (χ1) is 12.5. The summed E-state index contributed by atoms with van der Waals surface area (Å²) in [6, 6.07) is 13.8. The Morgan fingerprint density at radius 1 is 1.19 bits per heavy atom. The van der Waals surface area contributed by atoms with Crippen molar-refractivity contribution in [2.24, 2.45) is 5.92 Å². The number of carbonyl (C=O) groups excluding carboxylic acids is 2. The van der Waals surface area contributed by atoms with Crippen LogP contribution < -0.4 is 5.32 Å². The van der Waals surface area contributed by atoms with Gasteiger partial charge >= 0.3 is 0 Å². The summed E-state index contributed by atoms with van der Waals surface area (Å²) in [6.07, 6.45) is 0.640. The average molecular weight is 375 g/mol. The molecule has 1 unspecified atom stereocenters. The minimum Gasteiger partial charge on any atom is -0.352 e. The van der Waals surface area contributed by atoms with Gasteiger partial charge in [-0.3, -0.25) is 9.59 Å². The third-order valence-corrected chi connectivity index (χ3v) is 4.83. The van der Waals surface area contributed by atoms with E-state index < -0.39 is 0 Å². The highest BCUT2D eigenvalue weighted by atomic mass is 35.5. The summed E-state index contributed by atoms with van der Waals surface area (Å²) in [4.78, 5) is 26.1. The van der Waals surface area contributed by atoms with Crippen molar-refractivity contribution in [1.82, 2.24) is 10.2 Å². The third kappa shape index (κ3) is 4.61. The molecule has 0 saturated carbocycles. The highest BCUT2D eigenvalue weighted by Crippen LogP contribution is 2.19. The lowest BCUT2D eigenvalue weighted by Gasteiger charge is -2.17. The number of hydrogen-bond donors (Lipinski definition) is 1. The molecular weight excluding hydrogens is 355 g/mol. The Kier molecular flexibility index (Phi) is 5.89. The number of hydrogen-bond acceptors (Lipinski definition) is 2. The van der Waals surface area contributed by atoms with Gasteiger partial charge in [0.25, 0.3) is 0 Å². The van der Waals surface area contributed by atoms with Crippen LogP contribution in [0.5, 0.6) is 0 Å². The molecule has 0 bridgehead atoms. The Bertz CT molecular complexity index is 795. The first-order valence-electron chi connectivity index (χ1n) is 8.56. The number of nitrogens with one attached hydrogen (secondary N) is 1. The molecule has 2 aromatic carbocycles. The number of rotatable bonds is 6. The van der Waals surface area contributed by atoms with E-state index in [4.69, 9.17) is 11.6 Å². The molecule has 2 amide bonds. The predicted octanol–water partition coefficient (Wildman–Crippen LogP) is 3.19. The molecule has 1 N–H and O–H groups in total. The van der Waals surface area contributed by atoms with Crippen LogP contribution in [0.25, 0.3) is 0 Å². The van der Waals surface area contributed by atoms with Crippen LogP contribution in [-0.4, -0.2) is 29.8 Å². The second-order valence-electron chi connectivity index (χ2n) is 6.43. The molecule has 0 aromatic heterocycles. The molecule has 6 heteroatoms. The summed E-state index contributed by atoms with van der Waals surface area (Å²) in [5.41, 5.74) is 1.53. The maximum Gasteiger partial charge on any atom is 0.225 e. The van der Waals surface area contributed by atoms with E-state index in [9.17, 15) is 14.0 Å².